The number of hydrogen-bond donors (Lipinski definition) is 1. The fourth-order valence-corrected chi connectivity index (χ4v) is 6.90. The molecule has 212 valence electrons. The van der Waals surface area contributed by atoms with Gasteiger partial charge in [0.25, 0.3) is 0 Å². The van der Waals surface area contributed by atoms with Crippen molar-refractivity contribution < 1.29 is 24.1 Å². The van der Waals surface area contributed by atoms with Crippen molar-refractivity contribution in [2.45, 2.75) is 48.9 Å². The van der Waals surface area contributed by atoms with Gasteiger partial charge in [-0.15, -0.1) is 0 Å². The maximum absolute atomic E-state index is 12.1. The van der Waals surface area contributed by atoms with Crippen LogP contribution in [0, 0.1) is 0 Å². The van der Waals surface area contributed by atoms with Crippen LogP contribution in [0.5, 0.6) is 0 Å². The molecule has 5 heteroatoms. The highest BCUT2D eigenvalue weighted by molar-refractivity contribution is 5.66. The Kier molecular flexibility index (Phi) is 8.99. The zero-order valence-corrected chi connectivity index (χ0v) is 23.7. The third kappa shape index (κ3) is 5.58. The number of benzene rings is 4. The van der Waals surface area contributed by atoms with Crippen LogP contribution in [0.4, 0.5) is 0 Å². The van der Waals surface area contributed by atoms with Gasteiger partial charge >= 0.3 is 5.97 Å². The molecule has 0 aromatic heterocycles. The van der Waals surface area contributed by atoms with Crippen molar-refractivity contribution in [1.82, 2.24) is 0 Å². The summed E-state index contributed by atoms with van der Waals surface area (Å²) in [7, 11) is 1.75. The summed E-state index contributed by atoms with van der Waals surface area (Å²) in [5.74, 6) is -0.381. The maximum atomic E-state index is 12.1. The Bertz CT molecular complexity index is 1380. The lowest BCUT2D eigenvalue weighted by molar-refractivity contribution is -0.230. The van der Waals surface area contributed by atoms with E-state index in [0.717, 1.165) is 22.3 Å². The average molecular weight is 551 g/mol. The zero-order chi connectivity index (χ0) is 28.7. The van der Waals surface area contributed by atoms with Gasteiger partial charge in [-0.3, -0.25) is 4.79 Å². The van der Waals surface area contributed by atoms with Gasteiger partial charge in [0.05, 0.1) is 29.6 Å². The van der Waals surface area contributed by atoms with Crippen LogP contribution >= 0.6 is 0 Å². The van der Waals surface area contributed by atoms with Crippen LogP contribution in [-0.2, 0) is 42.7 Å². The molecule has 1 heterocycles. The van der Waals surface area contributed by atoms with E-state index in [9.17, 15) is 9.90 Å². The summed E-state index contributed by atoms with van der Waals surface area (Å²) in [5, 5.41) is 11.0. The standard InChI is InChI=1S/C36H38O5/c1-27(38)40-26-33-36(31-21-13-6-14-22-31,24-29-17-9-4-10-18-29)34(39-2)35(32(25-37)41-33,30-19-11-5-12-20-30)23-28-15-7-3-8-16-28/h3-22,32-34,37H,23-26H2,1-2H3/t32-,33+,34-,35+,36-/m0/s1. The molecule has 5 nitrogen and oxygen atoms in total. The number of carbonyl (C=O) groups is 1. The highest BCUT2D eigenvalue weighted by atomic mass is 16.6. The van der Waals surface area contributed by atoms with E-state index in [1.54, 1.807) is 7.11 Å². The van der Waals surface area contributed by atoms with E-state index in [1.807, 2.05) is 72.8 Å². The molecule has 4 aromatic rings. The van der Waals surface area contributed by atoms with Gasteiger partial charge in [-0.25, -0.2) is 0 Å². The van der Waals surface area contributed by atoms with Crippen molar-refractivity contribution in [1.29, 1.82) is 0 Å². The first-order valence-electron chi connectivity index (χ1n) is 14.2. The lowest BCUT2D eigenvalue weighted by Crippen LogP contribution is -2.72. The Balaban J connectivity index is 1.82. The number of rotatable bonds is 10. The second-order valence-corrected chi connectivity index (χ2v) is 10.9. The van der Waals surface area contributed by atoms with Crippen molar-refractivity contribution in [3.63, 3.8) is 0 Å². The third-order valence-electron chi connectivity index (χ3n) is 8.55. The first-order valence-corrected chi connectivity index (χ1v) is 14.2. The second-order valence-electron chi connectivity index (χ2n) is 10.9. The van der Waals surface area contributed by atoms with E-state index >= 15 is 0 Å². The summed E-state index contributed by atoms with van der Waals surface area (Å²) in [5.41, 5.74) is 2.69. The molecule has 0 unspecified atom stereocenters. The molecule has 0 aliphatic carbocycles. The first kappa shape index (κ1) is 28.7. The molecule has 5 atom stereocenters. The highest BCUT2D eigenvalue weighted by Crippen LogP contribution is 2.54. The Morgan fingerprint density at radius 2 is 1.12 bits per heavy atom. The molecule has 5 rings (SSSR count). The Morgan fingerprint density at radius 1 is 0.707 bits per heavy atom. The summed E-state index contributed by atoms with van der Waals surface area (Å²) in [6.45, 7) is 1.21. The molecule has 41 heavy (non-hydrogen) atoms. The molecule has 0 bridgehead atoms. The highest BCUT2D eigenvalue weighted by Gasteiger charge is 2.64. The molecular weight excluding hydrogens is 512 g/mol. The molecule has 1 N–H and O–H groups in total. The molecule has 1 fully saturated rings. The minimum atomic E-state index is -0.789. The maximum Gasteiger partial charge on any atom is 0.302 e. The largest absolute Gasteiger partial charge is 0.463 e. The van der Waals surface area contributed by atoms with E-state index in [4.69, 9.17) is 14.2 Å². The van der Waals surface area contributed by atoms with Crippen LogP contribution in [-0.4, -0.2) is 49.7 Å². The van der Waals surface area contributed by atoms with Crippen LogP contribution in [0.2, 0.25) is 0 Å². The number of carbonyl (C=O) groups excluding carboxylic acids is 1. The molecule has 4 aromatic carbocycles. The van der Waals surface area contributed by atoms with Gasteiger partial charge in [-0.2, -0.15) is 0 Å². The van der Waals surface area contributed by atoms with E-state index in [-0.39, 0.29) is 19.2 Å². The van der Waals surface area contributed by atoms with E-state index in [0.29, 0.717) is 12.8 Å². The van der Waals surface area contributed by atoms with Crippen molar-refractivity contribution in [3.05, 3.63) is 144 Å². The van der Waals surface area contributed by atoms with E-state index in [2.05, 4.69) is 48.5 Å². The summed E-state index contributed by atoms with van der Waals surface area (Å²) < 4.78 is 19.4. The van der Waals surface area contributed by atoms with Crippen molar-refractivity contribution in [3.8, 4) is 0 Å². The number of aliphatic hydroxyl groups is 1. The van der Waals surface area contributed by atoms with E-state index in [1.165, 1.54) is 6.92 Å². The van der Waals surface area contributed by atoms with Crippen LogP contribution in [0.25, 0.3) is 0 Å². The predicted molar refractivity (Wildman–Crippen MR) is 160 cm³/mol. The van der Waals surface area contributed by atoms with E-state index < -0.39 is 29.1 Å². The monoisotopic (exact) mass is 550 g/mol. The Morgan fingerprint density at radius 3 is 1.51 bits per heavy atom. The number of hydrogen-bond acceptors (Lipinski definition) is 5. The van der Waals surface area contributed by atoms with Gasteiger partial charge in [0, 0.05) is 14.0 Å². The molecular formula is C36H38O5. The molecule has 0 radical (unpaired) electrons. The normalized spacial score (nSPS) is 25.9. The summed E-state index contributed by atoms with van der Waals surface area (Å²) in [6.07, 6.45) is -0.562. The third-order valence-corrected chi connectivity index (χ3v) is 8.55. The number of methoxy groups -OCH3 is 1. The fraction of sp³-hybridized carbons (Fsp3) is 0.306. The summed E-state index contributed by atoms with van der Waals surface area (Å²) >= 11 is 0. The van der Waals surface area contributed by atoms with Crippen molar-refractivity contribution >= 4 is 5.97 Å². The smallest absolute Gasteiger partial charge is 0.302 e. The summed E-state index contributed by atoms with van der Waals surface area (Å²) in [4.78, 5) is 12.1. The number of ether oxygens (including phenoxy) is 3. The lowest BCUT2D eigenvalue weighted by Gasteiger charge is -2.60. The number of esters is 1. The molecule has 1 saturated heterocycles. The SMILES string of the molecule is CO[C@H]1[C@](Cc2ccccc2)(c2ccccc2)[C@H](CO)O[C@H](COC(C)=O)[C@]1(Cc1ccccc1)c1ccccc1. The van der Waals surface area contributed by atoms with Gasteiger partial charge < -0.3 is 19.3 Å². The predicted octanol–water partition coefficient (Wildman–Crippen LogP) is 5.69. The van der Waals surface area contributed by atoms with Gasteiger partial charge in [0.2, 0.25) is 0 Å². The Hall–Kier alpha value is -3.77. The molecule has 0 spiro atoms. The number of aliphatic hydroxyl groups excluding tert-OH is 1. The zero-order valence-electron chi connectivity index (χ0n) is 23.7. The fourth-order valence-electron chi connectivity index (χ4n) is 6.90. The molecule has 0 saturated carbocycles. The summed E-state index contributed by atoms with van der Waals surface area (Å²) in [6, 6.07) is 41.1. The van der Waals surface area contributed by atoms with Crippen LogP contribution < -0.4 is 0 Å². The quantitative estimate of drug-likeness (QED) is 0.257. The molecule has 1 aliphatic heterocycles. The van der Waals surface area contributed by atoms with Gasteiger partial charge in [-0.05, 0) is 35.1 Å². The second kappa shape index (κ2) is 12.8. The average Bonchev–Trinajstić information content (AvgIpc) is 3.02. The van der Waals surface area contributed by atoms with Crippen LogP contribution in [0.3, 0.4) is 0 Å². The van der Waals surface area contributed by atoms with Crippen molar-refractivity contribution in [2.24, 2.45) is 0 Å². The first-order chi connectivity index (χ1) is 20.0. The lowest BCUT2D eigenvalue weighted by atomic mass is 9.53. The Labute approximate surface area is 242 Å². The minimum Gasteiger partial charge on any atom is -0.463 e. The molecule has 0 amide bonds. The van der Waals surface area contributed by atoms with Gasteiger partial charge in [-0.1, -0.05) is 121 Å². The van der Waals surface area contributed by atoms with Crippen LogP contribution in [0.1, 0.15) is 29.2 Å². The van der Waals surface area contributed by atoms with Crippen LogP contribution in [0.15, 0.2) is 121 Å². The van der Waals surface area contributed by atoms with Crippen molar-refractivity contribution in [2.75, 3.05) is 20.3 Å². The minimum absolute atomic E-state index is 0.0314. The topological polar surface area (TPSA) is 65.0 Å². The van der Waals surface area contributed by atoms with Gasteiger partial charge in [0.15, 0.2) is 0 Å². The molecule has 1 aliphatic rings. The van der Waals surface area contributed by atoms with Gasteiger partial charge in [0.1, 0.15) is 12.7 Å².